The standard InChI is InChI=1S/C33H41N7O4S/c1-32(2,3)44-31(42)34-20-8-9-22-23-12-19(23)15-33(25(22)13-20)16-27-24(18-43-33)28(36-30(35-27)45-6)39-10-7-11-40-21(17-39)14-26(37-40)29(41)38(4)5/h8-9,13-14,19,23H,7,10-12,15-18H2,1-6H3,(H,34,42)/t19-,23-,33+/m0/s1. The van der Waals surface area contributed by atoms with Crippen LogP contribution < -0.4 is 10.2 Å². The van der Waals surface area contributed by atoms with Crippen LogP contribution in [0.1, 0.15) is 84.5 Å². The molecule has 1 spiro atoms. The number of aryl methyl sites for hydroxylation is 1. The van der Waals surface area contributed by atoms with Gasteiger partial charge in [-0.1, -0.05) is 17.8 Å². The molecule has 11 nitrogen and oxygen atoms in total. The number of carbonyl (C=O) groups excluding carboxylic acids is 2. The van der Waals surface area contributed by atoms with E-state index in [0.717, 1.165) is 65.8 Å². The van der Waals surface area contributed by atoms with E-state index in [9.17, 15) is 9.59 Å². The molecule has 238 valence electrons. The molecule has 0 unspecified atom stereocenters. The SMILES string of the molecule is CSc1nc2c(c(N3CCCn4nc(C(=O)N(C)C)cc4C3)n1)CO[C@@]1(C2)C[C@@H]2C[C@@H]2c2ccc(NC(=O)OC(C)(C)C)cc21. The van der Waals surface area contributed by atoms with Crippen LogP contribution in [0.15, 0.2) is 29.4 Å². The molecule has 1 fully saturated rings. The van der Waals surface area contributed by atoms with Crippen LogP contribution in [0.3, 0.4) is 0 Å². The van der Waals surface area contributed by atoms with Gasteiger partial charge >= 0.3 is 6.09 Å². The van der Waals surface area contributed by atoms with Gasteiger partial charge in [0.05, 0.1) is 30.1 Å². The predicted octanol–water partition coefficient (Wildman–Crippen LogP) is 5.33. The Morgan fingerprint density at radius 3 is 2.76 bits per heavy atom. The van der Waals surface area contributed by atoms with Crippen molar-refractivity contribution in [2.24, 2.45) is 5.92 Å². The molecule has 1 saturated carbocycles. The molecule has 2 aromatic heterocycles. The van der Waals surface area contributed by atoms with E-state index >= 15 is 0 Å². The van der Waals surface area contributed by atoms with Crippen LogP contribution in [0.4, 0.5) is 16.3 Å². The molecule has 1 N–H and O–H groups in total. The number of aromatic nitrogens is 4. The maximum absolute atomic E-state index is 12.6. The van der Waals surface area contributed by atoms with E-state index in [1.807, 2.05) is 43.8 Å². The number of thioether (sulfide) groups is 1. The van der Waals surface area contributed by atoms with Gasteiger partial charge in [0.1, 0.15) is 11.4 Å². The zero-order valence-electron chi connectivity index (χ0n) is 26.8. The highest BCUT2D eigenvalue weighted by molar-refractivity contribution is 7.98. The first kappa shape index (κ1) is 30.0. The fourth-order valence-electron chi connectivity index (χ4n) is 7.12. The highest BCUT2D eigenvalue weighted by atomic mass is 32.2. The van der Waals surface area contributed by atoms with Gasteiger partial charge in [-0.05, 0) is 87.5 Å². The van der Waals surface area contributed by atoms with Crippen molar-refractivity contribution in [1.29, 1.82) is 0 Å². The van der Waals surface area contributed by atoms with Gasteiger partial charge < -0.3 is 19.3 Å². The summed E-state index contributed by atoms with van der Waals surface area (Å²) in [6.07, 6.45) is 5.16. The van der Waals surface area contributed by atoms with Crippen LogP contribution in [0.2, 0.25) is 0 Å². The highest BCUT2D eigenvalue weighted by Crippen LogP contribution is 2.62. The summed E-state index contributed by atoms with van der Waals surface area (Å²) < 4.78 is 14.4. The molecule has 3 atom stereocenters. The summed E-state index contributed by atoms with van der Waals surface area (Å²) >= 11 is 1.55. The molecule has 3 aromatic rings. The Morgan fingerprint density at radius 1 is 1.18 bits per heavy atom. The number of fused-ring (bicyclic) bond motifs is 6. The van der Waals surface area contributed by atoms with Crippen molar-refractivity contribution in [1.82, 2.24) is 24.6 Å². The third kappa shape index (κ3) is 5.67. The fourth-order valence-corrected chi connectivity index (χ4v) is 7.49. The molecule has 0 saturated heterocycles. The average molecular weight is 632 g/mol. The topological polar surface area (TPSA) is 115 Å². The van der Waals surface area contributed by atoms with E-state index in [2.05, 4.69) is 27.4 Å². The lowest BCUT2D eigenvalue weighted by Gasteiger charge is -2.43. The smallest absolute Gasteiger partial charge is 0.412 e. The second-order valence-electron chi connectivity index (χ2n) is 13.9. The number of benzene rings is 1. The number of rotatable bonds is 4. The van der Waals surface area contributed by atoms with E-state index < -0.39 is 17.3 Å². The summed E-state index contributed by atoms with van der Waals surface area (Å²) in [5.74, 6) is 1.94. The summed E-state index contributed by atoms with van der Waals surface area (Å²) in [5.41, 5.74) is 5.56. The van der Waals surface area contributed by atoms with Crippen LogP contribution in [-0.4, -0.2) is 69.1 Å². The quantitative estimate of drug-likeness (QED) is 0.301. The van der Waals surface area contributed by atoms with Gasteiger partial charge in [0.15, 0.2) is 10.9 Å². The molecule has 2 aliphatic heterocycles. The van der Waals surface area contributed by atoms with Gasteiger partial charge in [0.25, 0.3) is 5.91 Å². The third-order valence-electron chi connectivity index (χ3n) is 9.22. The van der Waals surface area contributed by atoms with E-state index in [1.165, 1.54) is 5.56 Å². The molecule has 1 aromatic carbocycles. The number of hydrogen-bond acceptors (Lipinski definition) is 9. The molecular formula is C33H41N7O4S. The lowest BCUT2D eigenvalue weighted by Crippen LogP contribution is -2.41. The minimum absolute atomic E-state index is 0.0972. The number of nitrogens with zero attached hydrogens (tertiary/aromatic N) is 6. The van der Waals surface area contributed by atoms with Gasteiger partial charge in [-0.25, -0.2) is 14.8 Å². The van der Waals surface area contributed by atoms with Crippen LogP contribution in [0, 0.1) is 5.92 Å². The van der Waals surface area contributed by atoms with E-state index in [4.69, 9.17) is 19.4 Å². The average Bonchev–Trinajstić information content (AvgIpc) is 3.69. The van der Waals surface area contributed by atoms with E-state index in [1.54, 1.807) is 30.8 Å². The van der Waals surface area contributed by atoms with Gasteiger partial charge in [0.2, 0.25) is 0 Å². The van der Waals surface area contributed by atoms with Crippen molar-refractivity contribution in [2.75, 3.05) is 37.1 Å². The van der Waals surface area contributed by atoms with Crippen molar-refractivity contribution in [2.45, 2.75) is 88.4 Å². The Labute approximate surface area is 268 Å². The number of hydrogen-bond donors (Lipinski definition) is 1. The lowest BCUT2D eigenvalue weighted by atomic mass is 9.74. The minimum atomic E-state index is -0.581. The van der Waals surface area contributed by atoms with Crippen LogP contribution in [0.5, 0.6) is 0 Å². The zero-order chi connectivity index (χ0) is 31.7. The Balaban J connectivity index is 1.21. The first-order chi connectivity index (χ1) is 21.4. The molecule has 0 radical (unpaired) electrons. The van der Waals surface area contributed by atoms with Crippen molar-refractivity contribution in [3.05, 3.63) is 58.0 Å². The Kier molecular flexibility index (Phi) is 7.35. The predicted molar refractivity (Wildman–Crippen MR) is 172 cm³/mol. The monoisotopic (exact) mass is 631 g/mol. The van der Waals surface area contributed by atoms with Gasteiger partial charge in [0, 0.05) is 44.9 Å². The van der Waals surface area contributed by atoms with Gasteiger partial charge in [-0.3, -0.25) is 14.8 Å². The number of nitrogens with one attached hydrogen (secondary N) is 1. The molecule has 45 heavy (non-hydrogen) atoms. The van der Waals surface area contributed by atoms with Crippen molar-refractivity contribution in [3.8, 4) is 0 Å². The summed E-state index contributed by atoms with van der Waals surface area (Å²) in [4.78, 5) is 39.2. The van der Waals surface area contributed by atoms with Gasteiger partial charge in [-0.2, -0.15) is 5.10 Å². The first-order valence-corrected chi connectivity index (χ1v) is 16.9. The normalized spacial score (nSPS) is 23.3. The highest BCUT2D eigenvalue weighted by Gasteiger charge is 2.54. The fraction of sp³-hybridized carbons (Fsp3) is 0.545. The largest absolute Gasteiger partial charge is 0.444 e. The maximum Gasteiger partial charge on any atom is 0.412 e. The number of ether oxygens (including phenoxy) is 2. The molecular weight excluding hydrogens is 590 g/mol. The zero-order valence-corrected chi connectivity index (χ0v) is 27.7. The summed E-state index contributed by atoms with van der Waals surface area (Å²) in [5, 5.41) is 8.29. The van der Waals surface area contributed by atoms with Crippen molar-refractivity contribution >= 4 is 35.3 Å². The van der Waals surface area contributed by atoms with Crippen LogP contribution >= 0.6 is 11.8 Å². The molecule has 7 rings (SSSR count). The number of amides is 2. The van der Waals surface area contributed by atoms with Crippen molar-refractivity contribution < 1.29 is 19.1 Å². The minimum Gasteiger partial charge on any atom is -0.444 e. The first-order valence-electron chi connectivity index (χ1n) is 15.7. The number of carbonyl (C=O) groups is 2. The Bertz CT molecular complexity index is 1680. The van der Waals surface area contributed by atoms with E-state index in [-0.39, 0.29) is 5.91 Å². The third-order valence-corrected chi connectivity index (χ3v) is 9.77. The second-order valence-corrected chi connectivity index (χ2v) is 14.6. The molecule has 4 aliphatic rings. The second kappa shape index (κ2) is 11.0. The number of anilines is 2. The summed E-state index contributed by atoms with van der Waals surface area (Å²) in [6.45, 7) is 8.14. The Morgan fingerprint density at radius 2 is 2.00 bits per heavy atom. The van der Waals surface area contributed by atoms with Crippen LogP contribution in [-0.2, 0) is 41.2 Å². The molecule has 12 heteroatoms. The van der Waals surface area contributed by atoms with Gasteiger partial charge in [-0.15, -0.1) is 0 Å². The van der Waals surface area contributed by atoms with Crippen LogP contribution in [0.25, 0.3) is 0 Å². The molecule has 4 heterocycles. The molecule has 0 bridgehead atoms. The summed E-state index contributed by atoms with van der Waals surface area (Å²) in [6, 6.07) is 8.12. The van der Waals surface area contributed by atoms with Crippen molar-refractivity contribution in [3.63, 3.8) is 0 Å². The molecule has 2 aliphatic carbocycles. The summed E-state index contributed by atoms with van der Waals surface area (Å²) in [7, 11) is 3.49. The maximum atomic E-state index is 12.6. The molecule has 2 amide bonds. The lowest BCUT2D eigenvalue weighted by molar-refractivity contribution is -0.0875. The van der Waals surface area contributed by atoms with E-state index in [0.29, 0.717) is 42.8 Å². The Hall–Kier alpha value is -3.64.